The van der Waals surface area contributed by atoms with Crippen molar-refractivity contribution >= 4 is 0 Å². The van der Waals surface area contributed by atoms with E-state index in [0.29, 0.717) is 17.5 Å². The van der Waals surface area contributed by atoms with E-state index in [1.165, 1.54) is 50.1 Å². The smallest absolute Gasteiger partial charge is 0.164 e. The predicted octanol–water partition coefficient (Wildman–Crippen LogP) is 13.2. The minimum absolute atomic E-state index is 0.235. The number of hydrogen-bond donors (Lipinski definition) is 0. The summed E-state index contributed by atoms with van der Waals surface area (Å²) in [6.07, 6.45) is 0. The molecule has 2 aliphatic rings. The van der Waals surface area contributed by atoms with Gasteiger partial charge in [-0.05, 0) is 78.9 Å². The van der Waals surface area contributed by atoms with E-state index in [4.69, 9.17) is 15.0 Å². The first-order valence-electron chi connectivity index (χ1n) is 20.0. The molecule has 0 atom stereocenters. The lowest BCUT2D eigenvalue weighted by Crippen LogP contribution is -2.40. The van der Waals surface area contributed by atoms with Gasteiger partial charge in [-0.3, -0.25) is 0 Å². The summed E-state index contributed by atoms with van der Waals surface area (Å²) < 4.78 is 0. The average Bonchev–Trinajstić information content (AvgIpc) is 3.59. The molecule has 0 saturated carbocycles. The molecule has 274 valence electrons. The summed E-state index contributed by atoms with van der Waals surface area (Å²) in [6.45, 7) is 4.77. The fourth-order valence-electron chi connectivity index (χ4n) is 9.66. The van der Waals surface area contributed by atoms with Gasteiger partial charge in [-0.2, -0.15) is 0 Å². The van der Waals surface area contributed by atoms with Gasteiger partial charge >= 0.3 is 0 Å². The largest absolute Gasteiger partial charge is 0.208 e. The molecule has 1 heterocycles. The number of rotatable bonds is 5. The normalized spacial score (nSPS) is 14.0. The third kappa shape index (κ3) is 5.17. The maximum absolute atomic E-state index is 5.12. The molecule has 0 fully saturated rings. The predicted molar refractivity (Wildman–Crippen MR) is 236 cm³/mol. The summed E-state index contributed by atoms with van der Waals surface area (Å²) in [5.41, 5.74) is 17.5. The molecule has 11 rings (SSSR count). The minimum atomic E-state index is -0.413. The Kier molecular flexibility index (Phi) is 7.74. The summed E-state index contributed by atoms with van der Waals surface area (Å²) >= 11 is 0. The van der Waals surface area contributed by atoms with Crippen LogP contribution in [0.4, 0.5) is 0 Å². The first kappa shape index (κ1) is 34.1. The number of aromatic nitrogens is 3. The van der Waals surface area contributed by atoms with Crippen LogP contribution in [0.3, 0.4) is 0 Å². The van der Waals surface area contributed by atoms with Gasteiger partial charge in [0.1, 0.15) is 0 Å². The number of nitrogens with zero attached hydrogens (tertiary/aromatic N) is 3. The van der Waals surface area contributed by atoms with E-state index in [-0.39, 0.29) is 5.41 Å². The van der Waals surface area contributed by atoms with Crippen molar-refractivity contribution in [1.29, 1.82) is 0 Å². The summed E-state index contributed by atoms with van der Waals surface area (Å²) in [5, 5.41) is 0. The molecule has 0 saturated heterocycles. The molecule has 0 bridgehead atoms. The molecule has 0 aliphatic heterocycles. The van der Waals surface area contributed by atoms with Crippen molar-refractivity contribution in [3.05, 3.63) is 234 Å². The molecule has 0 amide bonds. The standard InChI is InChI=1S/C55H39N3/c1-54(2)47-26-13-14-27-48(47)55(45-24-11-9-22-43(45)44-23-10-12-25-46(44)55)49-33-32-41(35-50(49)54)40-20-15-21-42(34-40)53-57-51(38-18-7-4-8-19-38)56-52(58-53)39-30-28-37(29-31-39)36-16-5-3-6-17-36/h3-35H,1-2H3. The Hall–Kier alpha value is -7.23. The second-order valence-electron chi connectivity index (χ2n) is 16.0. The molecule has 9 aromatic rings. The lowest BCUT2D eigenvalue weighted by atomic mass is 9.55. The average molecular weight is 742 g/mol. The van der Waals surface area contributed by atoms with Crippen molar-refractivity contribution in [2.45, 2.75) is 24.7 Å². The number of benzene rings is 8. The highest BCUT2D eigenvalue weighted by Crippen LogP contribution is 2.62. The monoisotopic (exact) mass is 741 g/mol. The van der Waals surface area contributed by atoms with Gasteiger partial charge in [-0.15, -0.1) is 0 Å². The third-order valence-corrected chi connectivity index (χ3v) is 12.4. The van der Waals surface area contributed by atoms with Crippen LogP contribution >= 0.6 is 0 Å². The summed E-state index contributed by atoms with van der Waals surface area (Å²) in [7, 11) is 0. The fourth-order valence-corrected chi connectivity index (χ4v) is 9.66. The lowest BCUT2D eigenvalue weighted by molar-refractivity contribution is 0.563. The zero-order valence-corrected chi connectivity index (χ0v) is 32.4. The molecular formula is C55H39N3. The summed E-state index contributed by atoms with van der Waals surface area (Å²) in [6, 6.07) is 72.0. The molecule has 0 unspecified atom stereocenters. The van der Waals surface area contributed by atoms with Crippen LogP contribution in [0.5, 0.6) is 0 Å². The molecule has 1 spiro atoms. The Morgan fingerprint density at radius 1 is 0.276 bits per heavy atom. The minimum Gasteiger partial charge on any atom is -0.208 e. The second kappa shape index (κ2) is 13.2. The highest BCUT2D eigenvalue weighted by atomic mass is 15.0. The molecule has 3 heteroatoms. The van der Waals surface area contributed by atoms with Crippen molar-refractivity contribution in [3.63, 3.8) is 0 Å². The van der Waals surface area contributed by atoms with Gasteiger partial charge in [-0.1, -0.05) is 202 Å². The summed E-state index contributed by atoms with van der Waals surface area (Å²) in [4.78, 5) is 15.2. The summed E-state index contributed by atoms with van der Waals surface area (Å²) in [5.74, 6) is 1.93. The van der Waals surface area contributed by atoms with E-state index >= 15 is 0 Å². The Morgan fingerprint density at radius 3 is 1.31 bits per heavy atom. The molecule has 0 radical (unpaired) electrons. The van der Waals surface area contributed by atoms with E-state index in [0.717, 1.165) is 33.4 Å². The zero-order chi connectivity index (χ0) is 38.8. The number of hydrogen-bond acceptors (Lipinski definition) is 3. The van der Waals surface area contributed by atoms with Gasteiger partial charge in [0.15, 0.2) is 17.5 Å². The molecule has 8 aromatic carbocycles. The van der Waals surface area contributed by atoms with E-state index in [9.17, 15) is 0 Å². The second-order valence-corrected chi connectivity index (χ2v) is 16.0. The Bertz CT molecular complexity index is 2970. The Morgan fingerprint density at radius 2 is 0.672 bits per heavy atom. The van der Waals surface area contributed by atoms with Crippen molar-refractivity contribution in [3.8, 4) is 67.5 Å². The maximum atomic E-state index is 5.12. The quantitative estimate of drug-likeness (QED) is 0.176. The Balaban J connectivity index is 1.05. The highest BCUT2D eigenvalue weighted by Gasteiger charge is 2.53. The van der Waals surface area contributed by atoms with E-state index in [2.05, 4.69) is 190 Å². The lowest BCUT2D eigenvalue weighted by Gasteiger charge is -2.46. The van der Waals surface area contributed by atoms with Gasteiger partial charge in [0.05, 0.1) is 5.41 Å². The Labute approximate surface area is 339 Å². The van der Waals surface area contributed by atoms with Crippen molar-refractivity contribution in [2.75, 3.05) is 0 Å². The molecule has 2 aliphatic carbocycles. The van der Waals surface area contributed by atoms with E-state index < -0.39 is 5.41 Å². The highest BCUT2D eigenvalue weighted by molar-refractivity contribution is 5.89. The number of fused-ring (bicyclic) bond motifs is 9. The van der Waals surface area contributed by atoms with Gasteiger partial charge in [-0.25, -0.2) is 15.0 Å². The van der Waals surface area contributed by atoms with Crippen LogP contribution < -0.4 is 0 Å². The van der Waals surface area contributed by atoms with Crippen molar-refractivity contribution in [1.82, 2.24) is 15.0 Å². The topological polar surface area (TPSA) is 38.7 Å². The SMILES string of the molecule is CC1(C)c2ccccc2C2(c3ccccc3-c3ccccc32)c2ccc(-c3cccc(-c4nc(-c5ccccc5)nc(-c5ccc(-c6ccccc6)cc5)n4)c3)cc21. The molecule has 1 aromatic heterocycles. The third-order valence-electron chi connectivity index (χ3n) is 12.4. The van der Waals surface area contributed by atoms with Crippen LogP contribution in [0, 0.1) is 0 Å². The van der Waals surface area contributed by atoms with Gasteiger partial charge < -0.3 is 0 Å². The molecule has 3 nitrogen and oxygen atoms in total. The van der Waals surface area contributed by atoms with Crippen LogP contribution in [0.2, 0.25) is 0 Å². The van der Waals surface area contributed by atoms with Crippen LogP contribution in [-0.4, -0.2) is 15.0 Å². The molecular weight excluding hydrogens is 703 g/mol. The maximum Gasteiger partial charge on any atom is 0.164 e. The van der Waals surface area contributed by atoms with Crippen molar-refractivity contribution < 1.29 is 0 Å². The first-order valence-corrected chi connectivity index (χ1v) is 20.0. The molecule has 0 N–H and O–H groups in total. The first-order chi connectivity index (χ1) is 28.5. The van der Waals surface area contributed by atoms with Crippen LogP contribution in [0.25, 0.3) is 67.5 Å². The van der Waals surface area contributed by atoms with Crippen molar-refractivity contribution in [2.24, 2.45) is 0 Å². The molecule has 58 heavy (non-hydrogen) atoms. The van der Waals surface area contributed by atoms with Crippen LogP contribution in [0.15, 0.2) is 200 Å². The van der Waals surface area contributed by atoms with Crippen LogP contribution in [0.1, 0.15) is 47.2 Å². The zero-order valence-electron chi connectivity index (χ0n) is 32.4. The van der Waals surface area contributed by atoms with Gasteiger partial charge in [0.2, 0.25) is 0 Å². The van der Waals surface area contributed by atoms with Gasteiger partial charge in [0, 0.05) is 22.1 Å². The van der Waals surface area contributed by atoms with E-state index in [1.807, 2.05) is 24.3 Å². The van der Waals surface area contributed by atoms with Gasteiger partial charge in [0.25, 0.3) is 0 Å². The van der Waals surface area contributed by atoms with Crippen LogP contribution in [-0.2, 0) is 10.8 Å². The van der Waals surface area contributed by atoms with E-state index in [1.54, 1.807) is 0 Å². The fraction of sp³-hybridized carbons (Fsp3) is 0.0727.